The lowest BCUT2D eigenvalue weighted by Gasteiger charge is -2.25. The molecule has 2 aromatic carbocycles. The molecule has 3 heteroatoms. The van der Waals surface area contributed by atoms with E-state index >= 15 is 0 Å². The summed E-state index contributed by atoms with van der Waals surface area (Å²) in [5.41, 5.74) is 1.04. The Labute approximate surface area is 132 Å². The van der Waals surface area contributed by atoms with Crippen molar-refractivity contribution in [1.29, 1.82) is 0 Å². The van der Waals surface area contributed by atoms with Gasteiger partial charge in [0, 0.05) is 6.42 Å². The van der Waals surface area contributed by atoms with E-state index in [-0.39, 0.29) is 30.1 Å². The van der Waals surface area contributed by atoms with Crippen molar-refractivity contribution >= 4 is 10.8 Å². The Morgan fingerprint density at radius 2 is 1.63 bits per heavy atom. The average molecular weight is 371 g/mol. The predicted molar refractivity (Wildman–Crippen MR) is 76.4 cm³/mol. The lowest BCUT2D eigenvalue weighted by Crippen LogP contribution is -3.00. The number of quaternary nitrogens is 1. The number of halogens is 1. The van der Waals surface area contributed by atoms with Crippen molar-refractivity contribution in [2.45, 2.75) is 12.5 Å². The molecule has 0 spiro atoms. The molecule has 1 unspecified atom stereocenters. The minimum atomic E-state index is -0.381. The zero-order valence-electron chi connectivity index (χ0n) is 11.8. The van der Waals surface area contributed by atoms with Crippen molar-refractivity contribution in [3.63, 3.8) is 0 Å². The minimum Gasteiger partial charge on any atom is -1.00 e. The van der Waals surface area contributed by atoms with E-state index in [0.717, 1.165) is 28.4 Å². The molecule has 0 aliphatic heterocycles. The molecule has 104 valence electrons. The van der Waals surface area contributed by atoms with E-state index in [9.17, 15) is 5.11 Å². The lowest BCUT2D eigenvalue weighted by molar-refractivity contribution is -0.871. The second kappa shape index (κ2) is 6.68. The van der Waals surface area contributed by atoms with Crippen LogP contribution in [0.2, 0.25) is 0 Å². The number of benzene rings is 2. The molecule has 1 N–H and O–H groups in total. The summed E-state index contributed by atoms with van der Waals surface area (Å²) in [6.45, 7) is 0.963. The summed E-state index contributed by atoms with van der Waals surface area (Å²) < 4.78 is 0.877. The average Bonchev–Trinajstić information content (AvgIpc) is 2.34. The van der Waals surface area contributed by atoms with Crippen LogP contribution in [0.15, 0.2) is 42.5 Å². The highest BCUT2D eigenvalue weighted by Crippen LogP contribution is 2.26. The van der Waals surface area contributed by atoms with Crippen LogP contribution in [0.4, 0.5) is 0 Å². The van der Waals surface area contributed by atoms with Crippen molar-refractivity contribution in [2.24, 2.45) is 0 Å². The summed E-state index contributed by atoms with van der Waals surface area (Å²) in [6.07, 6.45) is 0.408. The SMILES string of the molecule is C[N+](C)(C)CCC(O)c1cccc2ccccc12.[I-]. The minimum absolute atomic E-state index is 0. The molecular weight excluding hydrogens is 349 g/mol. The molecule has 0 saturated carbocycles. The molecule has 0 heterocycles. The molecule has 0 fully saturated rings. The Balaban J connectivity index is 0.00000180. The number of rotatable bonds is 4. The molecule has 19 heavy (non-hydrogen) atoms. The summed E-state index contributed by atoms with van der Waals surface area (Å²) in [5.74, 6) is 0. The van der Waals surface area contributed by atoms with E-state index in [2.05, 4.69) is 39.3 Å². The first-order valence-electron chi connectivity index (χ1n) is 6.43. The fourth-order valence-electron chi connectivity index (χ4n) is 2.21. The maximum Gasteiger partial charge on any atom is 0.0849 e. The summed E-state index contributed by atoms with van der Waals surface area (Å²) >= 11 is 0. The molecular formula is C16H22INO. The van der Waals surface area contributed by atoms with Crippen LogP contribution in [-0.2, 0) is 0 Å². The molecule has 2 rings (SSSR count). The van der Waals surface area contributed by atoms with Crippen molar-refractivity contribution in [2.75, 3.05) is 27.7 Å². The van der Waals surface area contributed by atoms with Crippen LogP contribution < -0.4 is 24.0 Å². The summed E-state index contributed by atoms with van der Waals surface area (Å²) in [7, 11) is 6.45. The van der Waals surface area contributed by atoms with Gasteiger partial charge in [0.15, 0.2) is 0 Å². The first kappa shape index (κ1) is 16.4. The summed E-state index contributed by atoms with van der Waals surface area (Å²) in [4.78, 5) is 0. The Hall–Kier alpha value is -0.650. The van der Waals surface area contributed by atoms with E-state index in [1.54, 1.807) is 0 Å². The third-order valence-corrected chi connectivity index (χ3v) is 3.26. The third kappa shape index (κ3) is 4.44. The van der Waals surface area contributed by atoms with Crippen LogP contribution >= 0.6 is 0 Å². The topological polar surface area (TPSA) is 20.2 Å². The van der Waals surface area contributed by atoms with Crippen LogP contribution in [0, 0.1) is 0 Å². The fraction of sp³-hybridized carbons (Fsp3) is 0.375. The third-order valence-electron chi connectivity index (χ3n) is 3.26. The summed E-state index contributed by atoms with van der Waals surface area (Å²) in [6, 6.07) is 14.4. The van der Waals surface area contributed by atoms with Gasteiger partial charge >= 0.3 is 0 Å². The molecule has 2 nitrogen and oxygen atoms in total. The van der Waals surface area contributed by atoms with E-state index in [4.69, 9.17) is 0 Å². The molecule has 0 aliphatic carbocycles. The van der Waals surface area contributed by atoms with Gasteiger partial charge in [-0.3, -0.25) is 0 Å². The zero-order valence-corrected chi connectivity index (χ0v) is 14.0. The first-order valence-corrected chi connectivity index (χ1v) is 6.43. The van der Waals surface area contributed by atoms with Crippen molar-refractivity contribution in [3.8, 4) is 0 Å². The van der Waals surface area contributed by atoms with Crippen molar-refractivity contribution < 1.29 is 33.6 Å². The molecule has 0 saturated heterocycles. The van der Waals surface area contributed by atoms with Gasteiger partial charge < -0.3 is 33.6 Å². The van der Waals surface area contributed by atoms with Crippen LogP contribution in [0.25, 0.3) is 10.8 Å². The van der Waals surface area contributed by atoms with Crippen LogP contribution in [0.3, 0.4) is 0 Å². The van der Waals surface area contributed by atoms with Gasteiger partial charge in [0.2, 0.25) is 0 Å². The molecule has 0 aliphatic rings. The Kier molecular flexibility index (Phi) is 5.77. The van der Waals surface area contributed by atoms with E-state index < -0.39 is 0 Å². The highest BCUT2D eigenvalue weighted by molar-refractivity contribution is 5.85. The molecule has 1 atom stereocenters. The molecule has 0 aromatic heterocycles. The first-order chi connectivity index (χ1) is 8.47. The monoisotopic (exact) mass is 371 g/mol. The number of aliphatic hydroxyl groups is 1. The van der Waals surface area contributed by atoms with Gasteiger partial charge in [0.05, 0.1) is 33.8 Å². The fourth-order valence-corrected chi connectivity index (χ4v) is 2.21. The zero-order chi connectivity index (χ0) is 13.2. The molecule has 2 aromatic rings. The van der Waals surface area contributed by atoms with Crippen LogP contribution in [0.5, 0.6) is 0 Å². The van der Waals surface area contributed by atoms with Gasteiger partial charge in [0.1, 0.15) is 0 Å². The van der Waals surface area contributed by atoms with Crippen molar-refractivity contribution in [1.82, 2.24) is 0 Å². The van der Waals surface area contributed by atoms with E-state index in [1.807, 2.05) is 24.3 Å². The van der Waals surface area contributed by atoms with Gasteiger partial charge in [-0.2, -0.15) is 0 Å². The Bertz CT molecular complexity index is 528. The van der Waals surface area contributed by atoms with Gasteiger partial charge in [-0.1, -0.05) is 42.5 Å². The second-order valence-corrected chi connectivity index (χ2v) is 5.89. The number of nitrogens with zero attached hydrogens (tertiary/aromatic N) is 1. The summed E-state index contributed by atoms with van der Waals surface area (Å²) in [5, 5.41) is 12.7. The van der Waals surface area contributed by atoms with E-state index in [1.165, 1.54) is 5.39 Å². The number of aliphatic hydroxyl groups excluding tert-OH is 1. The molecule has 0 bridgehead atoms. The van der Waals surface area contributed by atoms with E-state index in [0.29, 0.717) is 0 Å². The van der Waals surface area contributed by atoms with Gasteiger partial charge in [-0.05, 0) is 16.3 Å². The molecule has 0 radical (unpaired) electrons. The highest BCUT2D eigenvalue weighted by atomic mass is 127. The van der Waals surface area contributed by atoms with Gasteiger partial charge in [-0.15, -0.1) is 0 Å². The lowest BCUT2D eigenvalue weighted by atomic mass is 9.98. The van der Waals surface area contributed by atoms with Crippen LogP contribution in [0.1, 0.15) is 18.1 Å². The highest BCUT2D eigenvalue weighted by Gasteiger charge is 2.15. The van der Waals surface area contributed by atoms with Crippen LogP contribution in [-0.4, -0.2) is 37.3 Å². The quantitative estimate of drug-likeness (QED) is 0.592. The maximum absolute atomic E-state index is 10.4. The number of hydrogen-bond acceptors (Lipinski definition) is 1. The molecule has 0 amide bonds. The Morgan fingerprint density at radius 3 is 2.32 bits per heavy atom. The number of fused-ring (bicyclic) bond motifs is 1. The van der Waals surface area contributed by atoms with Gasteiger partial charge in [0.25, 0.3) is 0 Å². The Morgan fingerprint density at radius 1 is 1.00 bits per heavy atom. The largest absolute Gasteiger partial charge is 1.00 e. The smallest absolute Gasteiger partial charge is 0.0849 e. The van der Waals surface area contributed by atoms with Crippen molar-refractivity contribution in [3.05, 3.63) is 48.0 Å². The maximum atomic E-state index is 10.4. The number of hydrogen-bond donors (Lipinski definition) is 1. The standard InChI is InChI=1S/C16H22NO.HI/c1-17(2,3)12-11-16(18)15-10-6-8-13-7-4-5-9-14(13)15;/h4-10,16,18H,11-12H2,1-3H3;1H/q+1;/p-1. The van der Waals surface area contributed by atoms with Gasteiger partial charge in [-0.25, -0.2) is 0 Å². The predicted octanol–water partition coefficient (Wildman–Crippen LogP) is -0.0265. The second-order valence-electron chi connectivity index (χ2n) is 5.89. The normalized spacial score (nSPS) is 13.1.